The van der Waals surface area contributed by atoms with Gasteiger partial charge in [-0.2, -0.15) is 5.26 Å². The fourth-order valence-corrected chi connectivity index (χ4v) is 7.33. The molecule has 1 spiro atoms. The summed E-state index contributed by atoms with van der Waals surface area (Å²) in [5, 5.41) is 23.5. The molecule has 1 saturated carbocycles. The predicted octanol–water partition coefficient (Wildman–Crippen LogP) is 3.47. The number of aromatic nitrogens is 1. The molecule has 1 unspecified atom stereocenters. The molecule has 2 saturated heterocycles. The Bertz CT molecular complexity index is 1490. The Balaban J connectivity index is 1.16. The standard InChI is InChI=1S/C33H40FN5O5/c1-32(2,3)44-31(42)39-23-8-7-21(14-23)28(39)29(40)37-22(17-35)13-19-5-6-20(15-26(19)34)27-16-25-24(18-36-27)30(41)43-33(25)9-11-38(4)12-10-33/h5-6,15-16,18,21-23,28,31,42H,7-14H2,1-4H3,(H,37,40)/t21-,22-,23+,28-,31?/m0/s1. The van der Waals surface area contributed by atoms with Crippen LogP contribution in [0.4, 0.5) is 4.39 Å². The lowest BCUT2D eigenvalue weighted by Crippen LogP contribution is -2.57. The number of piperidine rings is 2. The number of halogens is 1. The minimum absolute atomic E-state index is 0.0210. The van der Waals surface area contributed by atoms with Gasteiger partial charge in [-0.15, -0.1) is 0 Å². The maximum absolute atomic E-state index is 15.5. The zero-order chi connectivity index (χ0) is 31.4. The highest BCUT2D eigenvalue weighted by Gasteiger charge is 2.52. The monoisotopic (exact) mass is 605 g/mol. The summed E-state index contributed by atoms with van der Waals surface area (Å²) in [6.45, 7) is 7.12. The van der Waals surface area contributed by atoms with E-state index in [2.05, 4.69) is 21.3 Å². The van der Waals surface area contributed by atoms with Crippen molar-refractivity contribution in [3.8, 4) is 17.3 Å². The third-order valence-electron chi connectivity index (χ3n) is 9.56. The zero-order valence-electron chi connectivity index (χ0n) is 25.7. The Hall–Kier alpha value is -3.43. The molecule has 4 aliphatic rings. The fraction of sp³-hybridized carbons (Fsp3) is 0.576. The molecule has 3 fully saturated rings. The topological polar surface area (TPSA) is 128 Å². The van der Waals surface area contributed by atoms with Crippen LogP contribution < -0.4 is 5.32 Å². The second kappa shape index (κ2) is 11.5. The molecule has 11 heteroatoms. The van der Waals surface area contributed by atoms with Gasteiger partial charge < -0.3 is 24.8 Å². The number of ether oxygens (including phenoxy) is 2. The zero-order valence-corrected chi connectivity index (χ0v) is 25.7. The van der Waals surface area contributed by atoms with Crippen LogP contribution in [-0.2, 0) is 26.3 Å². The fourth-order valence-electron chi connectivity index (χ4n) is 7.33. The van der Waals surface area contributed by atoms with E-state index in [1.807, 2.05) is 33.9 Å². The lowest BCUT2D eigenvalue weighted by Gasteiger charge is -2.39. The molecule has 44 heavy (non-hydrogen) atoms. The first kappa shape index (κ1) is 30.6. The maximum Gasteiger partial charge on any atom is 0.341 e. The number of rotatable bonds is 7. The number of nitrogens with zero attached hydrogens (tertiary/aromatic N) is 4. The first-order valence-corrected chi connectivity index (χ1v) is 15.4. The quantitative estimate of drug-likeness (QED) is 0.360. The maximum atomic E-state index is 15.5. The van der Waals surface area contributed by atoms with E-state index in [1.54, 1.807) is 17.0 Å². The van der Waals surface area contributed by atoms with Crippen molar-refractivity contribution in [2.75, 3.05) is 20.1 Å². The molecule has 1 aromatic carbocycles. The summed E-state index contributed by atoms with van der Waals surface area (Å²) in [7, 11) is 2.04. The molecule has 1 amide bonds. The summed E-state index contributed by atoms with van der Waals surface area (Å²) in [6.07, 6.45) is 4.14. The number of fused-ring (bicyclic) bond motifs is 4. The van der Waals surface area contributed by atoms with Gasteiger partial charge in [-0.05, 0) is 70.7 Å². The van der Waals surface area contributed by atoms with Gasteiger partial charge >= 0.3 is 5.97 Å². The van der Waals surface area contributed by atoms with Gasteiger partial charge in [-0.3, -0.25) is 9.78 Å². The highest BCUT2D eigenvalue weighted by Crippen LogP contribution is 2.45. The molecule has 3 aliphatic heterocycles. The average Bonchev–Trinajstić information content (AvgIpc) is 3.67. The van der Waals surface area contributed by atoms with Crippen LogP contribution in [-0.4, -0.2) is 82.0 Å². The average molecular weight is 606 g/mol. The number of benzene rings is 1. The van der Waals surface area contributed by atoms with Crippen LogP contribution in [0.3, 0.4) is 0 Å². The van der Waals surface area contributed by atoms with Crippen molar-refractivity contribution in [3.63, 3.8) is 0 Å². The summed E-state index contributed by atoms with van der Waals surface area (Å²) in [6, 6.07) is 7.09. The van der Waals surface area contributed by atoms with Gasteiger partial charge in [0, 0.05) is 55.7 Å². The molecule has 5 atom stereocenters. The van der Waals surface area contributed by atoms with E-state index in [9.17, 15) is 20.0 Å². The Kier molecular flexibility index (Phi) is 7.99. The first-order valence-electron chi connectivity index (χ1n) is 15.4. The van der Waals surface area contributed by atoms with Gasteiger partial charge in [0.25, 0.3) is 0 Å². The second-order valence-corrected chi connectivity index (χ2v) is 13.7. The number of hydrogen-bond donors (Lipinski definition) is 2. The number of nitriles is 1. The van der Waals surface area contributed by atoms with Crippen molar-refractivity contribution in [1.29, 1.82) is 5.26 Å². The van der Waals surface area contributed by atoms with Gasteiger partial charge in [0.05, 0.1) is 29.0 Å². The number of nitrogens with one attached hydrogen (secondary N) is 1. The minimum Gasteiger partial charge on any atom is -0.450 e. The van der Waals surface area contributed by atoms with E-state index >= 15 is 4.39 Å². The van der Waals surface area contributed by atoms with Crippen molar-refractivity contribution in [3.05, 3.63) is 53.0 Å². The number of esters is 1. The Labute approximate surface area is 257 Å². The molecular weight excluding hydrogens is 565 g/mol. The van der Waals surface area contributed by atoms with Crippen molar-refractivity contribution in [2.24, 2.45) is 5.92 Å². The summed E-state index contributed by atoms with van der Waals surface area (Å²) < 4.78 is 27.1. The molecule has 234 valence electrons. The number of aliphatic hydroxyl groups excluding tert-OH is 1. The number of aliphatic hydroxyl groups is 1. The molecule has 2 N–H and O–H groups in total. The van der Waals surface area contributed by atoms with E-state index < -0.39 is 35.5 Å². The van der Waals surface area contributed by atoms with E-state index in [0.717, 1.165) is 37.9 Å². The van der Waals surface area contributed by atoms with Crippen molar-refractivity contribution in [1.82, 2.24) is 20.1 Å². The number of likely N-dealkylation sites (tertiary alicyclic amines) is 2. The lowest BCUT2D eigenvalue weighted by molar-refractivity contribution is -0.254. The van der Waals surface area contributed by atoms with Crippen molar-refractivity contribution < 1.29 is 28.6 Å². The Morgan fingerprint density at radius 2 is 2.05 bits per heavy atom. The molecule has 1 aliphatic carbocycles. The summed E-state index contributed by atoms with van der Waals surface area (Å²) >= 11 is 0. The second-order valence-electron chi connectivity index (χ2n) is 13.7. The molecule has 2 bridgehead atoms. The highest BCUT2D eigenvalue weighted by molar-refractivity contribution is 5.95. The van der Waals surface area contributed by atoms with E-state index in [4.69, 9.17) is 9.47 Å². The van der Waals surface area contributed by atoms with Gasteiger partial charge in [0.1, 0.15) is 17.5 Å². The third kappa shape index (κ3) is 5.72. The Morgan fingerprint density at radius 3 is 2.73 bits per heavy atom. The van der Waals surface area contributed by atoms with Crippen molar-refractivity contribution in [2.45, 2.75) is 95.0 Å². The molecule has 1 aromatic heterocycles. The normalized spacial score (nSPS) is 25.8. The van der Waals surface area contributed by atoms with Crippen LogP contribution in [0.5, 0.6) is 0 Å². The molecule has 6 rings (SSSR count). The predicted molar refractivity (Wildman–Crippen MR) is 158 cm³/mol. The van der Waals surface area contributed by atoms with Crippen LogP contribution in [0.2, 0.25) is 0 Å². The van der Waals surface area contributed by atoms with Crippen LogP contribution in [0.15, 0.2) is 30.5 Å². The van der Waals surface area contributed by atoms with Crippen LogP contribution >= 0.6 is 0 Å². The van der Waals surface area contributed by atoms with Gasteiger partial charge in [0.2, 0.25) is 12.3 Å². The van der Waals surface area contributed by atoms with Crippen LogP contribution in [0, 0.1) is 23.1 Å². The smallest absolute Gasteiger partial charge is 0.341 e. The van der Waals surface area contributed by atoms with E-state index in [-0.39, 0.29) is 35.8 Å². The lowest BCUT2D eigenvalue weighted by atomic mass is 9.83. The number of carbonyl (C=O) groups is 2. The molecule has 0 radical (unpaired) electrons. The molecule has 10 nitrogen and oxygen atoms in total. The summed E-state index contributed by atoms with van der Waals surface area (Å²) in [5.41, 5.74) is 1.32. The molecule has 4 heterocycles. The van der Waals surface area contributed by atoms with Crippen molar-refractivity contribution >= 4 is 11.9 Å². The van der Waals surface area contributed by atoms with Crippen LogP contribution in [0.25, 0.3) is 11.3 Å². The largest absolute Gasteiger partial charge is 0.450 e. The Morgan fingerprint density at radius 1 is 1.30 bits per heavy atom. The SMILES string of the molecule is CN1CCC2(CC1)OC(=O)c1cnc(-c3ccc(C[C@@H](C#N)NC(=O)[C@@H]4[C@H]5CC[C@H](C5)N4C(O)OC(C)(C)C)c(F)c3)cc12. The first-order chi connectivity index (χ1) is 20.9. The third-order valence-corrected chi connectivity index (χ3v) is 9.56. The number of hydrogen-bond acceptors (Lipinski definition) is 9. The van der Waals surface area contributed by atoms with Gasteiger partial charge in [-0.1, -0.05) is 12.1 Å². The highest BCUT2D eigenvalue weighted by atomic mass is 19.1. The minimum atomic E-state index is -1.24. The summed E-state index contributed by atoms with van der Waals surface area (Å²) in [4.78, 5) is 34.4. The number of amides is 1. The molecular formula is C33H40FN5O5. The van der Waals surface area contributed by atoms with Gasteiger partial charge in [0.15, 0.2) is 0 Å². The van der Waals surface area contributed by atoms with E-state index in [0.29, 0.717) is 29.7 Å². The van der Waals surface area contributed by atoms with E-state index in [1.165, 1.54) is 12.3 Å². The van der Waals surface area contributed by atoms with Crippen LogP contribution in [0.1, 0.15) is 74.4 Å². The number of carbonyl (C=O) groups excluding carboxylic acids is 2. The van der Waals surface area contributed by atoms with Gasteiger partial charge in [-0.25, -0.2) is 14.1 Å². The molecule has 2 aromatic rings. The summed E-state index contributed by atoms with van der Waals surface area (Å²) in [5.74, 6) is -1.20. The number of pyridine rings is 1.